The first-order valence-corrected chi connectivity index (χ1v) is 3.88. The van der Waals surface area contributed by atoms with Crippen LogP contribution in [0.25, 0.3) is 0 Å². The van der Waals surface area contributed by atoms with Gasteiger partial charge >= 0.3 is 0 Å². The second-order valence-electron chi connectivity index (χ2n) is 2.79. The van der Waals surface area contributed by atoms with Crippen LogP contribution in [-0.4, -0.2) is 36.3 Å². The fraction of sp³-hybridized carbons (Fsp3) is 0.500. The molecule has 0 aromatic heterocycles. The Hall–Kier alpha value is -1.36. The number of hydrogen-bond donors (Lipinski definition) is 2. The predicted molar refractivity (Wildman–Crippen MR) is 49.6 cm³/mol. The van der Waals surface area contributed by atoms with Gasteiger partial charge in [0.25, 0.3) is 0 Å². The third-order valence-electron chi connectivity index (χ3n) is 1.51. The topological polar surface area (TPSA) is 89.4 Å². The van der Waals surface area contributed by atoms with Gasteiger partial charge in [-0.05, 0) is 6.42 Å². The first-order chi connectivity index (χ1) is 5.99. The van der Waals surface area contributed by atoms with Gasteiger partial charge in [0.1, 0.15) is 0 Å². The molecule has 2 amide bonds. The normalized spacial score (nSPS) is 11.8. The van der Waals surface area contributed by atoms with Crippen LogP contribution in [0.15, 0.2) is 12.7 Å². The van der Waals surface area contributed by atoms with Crippen LogP contribution in [0.2, 0.25) is 0 Å². The molecule has 0 heterocycles. The molecule has 0 radical (unpaired) electrons. The highest BCUT2D eigenvalue weighted by atomic mass is 16.2. The molecule has 0 rings (SSSR count). The van der Waals surface area contributed by atoms with E-state index in [-0.39, 0.29) is 12.5 Å². The van der Waals surface area contributed by atoms with Gasteiger partial charge in [0, 0.05) is 7.05 Å². The summed E-state index contributed by atoms with van der Waals surface area (Å²) in [6.07, 6.45) is 1.95. The molecule has 0 aromatic rings. The zero-order valence-corrected chi connectivity index (χ0v) is 7.69. The summed E-state index contributed by atoms with van der Waals surface area (Å²) in [5.74, 6) is -0.861. The Balaban J connectivity index is 4.08. The average Bonchev–Trinajstić information content (AvgIpc) is 2.02. The second-order valence-corrected chi connectivity index (χ2v) is 2.79. The lowest BCUT2D eigenvalue weighted by molar-refractivity contribution is -0.134. The van der Waals surface area contributed by atoms with Gasteiger partial charge in [-0.3, -0.25) is 9.59 Å². The largest absolute Gasteiger partial charge is 0.368 e. The van der Waals surface area contributed by atoms with E-state index in [2.05, 4.69) is 6.58 Å². The highest BCUT2D eigenvalue weighted by molar-refractivity contribution is 5.86. The van der Waals surface area contributed by atoms with Crippen LogP contribution in [0.1, 0.15) is 6.42 Å². The SMILES string of the molecule is C=CCC(N)C(=O)N(C)CC(N)=O. The molecule has 0 saturated carbocycles. The molecule has 0 aliphatic carbocycles. The first-order valence-electron chi connectivity index (χ1n) is 3.88. The monoisotopic (exact) mass is 185 g/mol. The first kappa shape index (κ1) is 11.6. The second kappa shape index (κ2) is 5.31. The van der Waals surface area contributed by atoms with Crippen molar-refractivity contribution in [2.75, 3.05) is 13.6 Å². The maximum atomic E-state index is 11.3. The van der Waals surface area contributed by atoms with Crippen molar-refractivity contribution in [3.8, 4) is 0 Å². The average molecular weight is 185 g/mol. The fourth-order valence-corrected chi connectivity index (χ4v) is 0.875. The summed E-state index contributed by atoms with van der Waals surface area (Å²) in [6, 6.07) is -0.637. The molecule has 5 heteroatoms. The zero-order valence-electron chi connectivity index (χ0n) is 7.69. The van der Waals surface area contributed by atoms with Crippen LogP contribution in [0, 0.1) is 0 Å². The number of rotatable bonds is 5. The van der Waals surface area contributed by atoms with Gasteiger partial charge in [0.05, 0.1) is 12.6 Å². The van der Waals surface area contributed by atoms with Crippen molar-refractivity contribution in [1.29, 1.82) is 0 Å². The van der Waals surface area contributed by atoms with Gasteiger partial charge in [0.15, 0.2) is 0 Å². The van der Waals surface area contributed by atoms with Gasteiger partial charge in [-0.15, -0.1) is 6.58 Å². The molecule has 1 unspecified atom stereocenters. The summed E-state index contributed by atoms with van der Waals surface area (Å²) >= 11 is 0. The highest BCUT2D eigenvalue weighted by Gasteiger charge is 2.17. The Kier molecular flexibility index (Phi) is 4.76. The molecule has 1 atom stereocenters. The van der Waals surface area contributed by atoms with E-state index in [1.54, 1.807) is 6.08 Å². The van der Waals surface area contributed by atoms with Crippen molar-refractivity contribution in [1.82, 2.24) is 4.90 Å². The predicted octanol–water partition coefficient (Wildman–Crippen LogP) is -1.17. The molecular formula is C8H15N3O2. The van der Waals surface area contributed by atoms with Gasteiger partial charge < -0.3 is 16.4 Å². The Morgan fingerprint density at radius 3 is 2.54 bits per heavy atom. The number of amides is 2. The van der Waals surface area contributed by atoms with E-state index >= 15 is 0 Å². The number of carbonyl (C=O) groups excluding carboxylic acids is 2. The molecule has 0 fully saturated rings. The summed E-state index contributed by atoms with van der Waals surface area (Å²) < 4.78 is 0. The molecule has 0 saturated heterocycles. The molecule has 0 aliphatic heterocycles. The molecule has 0 aliphatic rings. The van der Waals surface area contributed by atoms with Crippen LogP contribution >= 0.6 is 0 Å². The van der Waals surface area contributed by atoms with Gasteiger partial charge in [-0.25, -0.2) is 0 Å². The summed E-state index contributed by atoms with van der Waals surface area (Å²) in [5.41, 5.74) is 10.4. The number of nitrogens with zero attached hydrogens (tertiary/aromatic N) is 1. The Bertz CT molecular complexity index is 215. The van der Waals surface area contributed by atoms with Crippen LogP contribution in [-0.2, 0) is 9.59 Å². The minimum atomic E-state index is -0.637. The molecule has 4 N–H and O–H groups in total. The Morgan fingerprint density at radius 2 is 2.15 bits per heavy atom. The summed E-state index contributed by atoms with van der Waals surface area (Å²) in [6.45, 7) is 3.35. The molecule has 13 heavy (non-hydrogen) atoms. The maximum absolute atomic E-state index is 11.3. The van der Waals surface area contributed by atoms with Crippen LogP contribution in [0.3, 0.4) is 0 Å². The van der Waals surface area contributed by atoms with Crippen molar-refractivity contribution >= 4 is 11.8 Å². The van der Waals surface area contributed by atoms with E-state index in [0.29, 0.717) is 6.42 Å². The number of likely N-dealkylation sites (N-methyl/N-ethyl adjacent to an activating group) is 1. The fourth-order valence-electron chi connectivity index (χ4n) is 0.875. The molecule has 5 nitrogen and oxygen atoms in total. The number of primary amides is 1. The molecule has 0 spiro atoms. The van der Waals surface area contributed by atoms with E-state index in [9.17, 15) is 9.59 Å². The van der Waals surface area contributed by atoms with E-state index < -0.39 is 11.9 Å². The standard InChI is InChI=1S/C8H15N3O2/c1-3-4-6(9)8(13)11(2)5-7(10)12/h3,6H,1,4-5,9H2,2H3,(H2,10,12). The zero-order chi connectivity index (χ0) is 10.4. The van der Waals surface area contributed by atoms with Crippen LogP contribution in [0.4, 0.5) is 0 Å². The highest BCUT2D eigenvalue weighted by Crippen LogP contribution is 1.94. The molecule has 74 valence electrons. The van der Waals surface area contributed by atoms with Gasteiger partial charge in [0.2, 0.25) is 11.8 Å². The minimum absolute atomic E-state index is 0.107. The lowest BCUT2D eigenvalue weighted by Crippen LogP contribution is -2.44. The minimum Gasteiger partial charge on any atom is -0.368 e. The maximum Gasteiger partial charge on any atom is 0.240 e. The summed E-state index contributed by atoms with van der Waals surface area (Å²) in [7, 11) is 1.48. The lowest BCUT2D eigenvalue weighted by Gasteiger charge is -2.18. The van der Waals surface area contributed by atoms with Gasteiger partial charge in [-0.2, -0.15) is 0 Å². The Labute approximate surface area is 77.4 Å². The summed E-state index contributed by atoms with van der Waals surface area (Å²) in [5, 5.41) is 0. The number of nitrogens with two attached hydrogens (primary N) is 2. The number of carbonyl (C=O) groups is 2. The van der Waals surface area contributed by atoms with Crippen molar-refractivity contribution in [3.05, 3.63) is 12.7 Å². The molecule has 0 bridgehead atoms. The van der Waals surface area contributed by atoms with Crippen molar-refractivity contribution in [2.24, 2.45) is 11.5 Å². The smallest absolute Gasteiger partial charge is 0.240 e. The van der Waals surface area contributed by atoms with E-state index in [0.717, 1.165) is 0 Å². The van der Waals surface area contributed by atoms with Crippen molar-refractivity contribution < 1.29 is 9.59 Å². The van der Waals surface area contributed by atoms with Crippen LogP contribution in [0.5, 0.6) is 0 Å². The summed E-state index contributed by atoms with van der Waals surface area (Å²) in [4.78, 5) is 23.0. The van der Waals surface area contributed by atoms with Crippen molar-refractivity contribution in [2.45, 2.75) is 12.5 Å². The lowest BCUT2D eigenvalue weighted by atomic mass is 10.2. The van der Waals surface area contributed by atoms with E-state index in [1.165, 1.54) is 11.9 Å². The third kappa shape index (κ3) is 4.27. The van der Waals surface area contributed by atoms with Crippen molar-refractivity contribution in [3.63, 3.8) is 0 Å². The van der Waals surface area contributed by atoms with Gasteiger partial charge in [-0.1, -0.05) is 6.08 Å². The molecule has 0 aromatic carbocycles. The number of hydrogen-bond acceptors (Lipinski definition) is 3. The van der Waals surface area contributed by atoms with E-state index in [4.69, 9.17) is 11.5 Å². The molecular weight excluding hydrogens is 170 g/mol. The third-order valence-corrected chi connectivity index (χ3v) is 1.51. The van der Waals surface area contributed by atoms with E-state index in [1.807, 2.05) is 0 Å². The quantitative estimate of drug-likeness (QED) is 0.529. The van der Waals surface area contributed by atoms with Crippen LogP contribution < -0.4 is 11.5 Å². The Morgan fingerprint density at radius 1 is 1.62 bits per heavy atom.